The summed E-state index contributed by atoms with van der Waals surface area (Å²) in [5.41, 5.74) is 8.18. The van der Waals surface area contributed by atoms with Crippen molar-refractivity contribution in [3.8, 4) is 22.6 Å². The second-order valence-electron chi connectivity index (χ2n) is 14.6. The molecule has 0 saturated carbocycles. The molecule has 54 heavy (non-hydrogen) atoms. The van der Waals surface area contributed by atoms with E-state index in [1.54, 1.807) is 0 Å². The van der Waals surface area contributed by atoms with Crippen LogP contribution in [0.4, 0.5) is 0 Å². The Morgan fingerprint density at radius 2 is 0.741 bits per heavy atom. The van der Waals surface area contributed by atoms with Gasteiger partial charge in [0, 0.05) is 20.9 Å². The number of aryl methyl sites for hydroxylation is 4. The van der Waals surface area contributed by atoms with Gasteiger partial charge in [-0.3, -0.25) is 9.59 Å². The molecule has 6 heteroatoms. The van der Waals surface area contributed by atoms with E-state index in [4.69, 9.17) is 9.47 Å². The van der Waals surface area contributed by atoms with Gasteiger partial charge < -0.3 is 9.47 Å². The summed E-state index contributed by atoms with van der Waals surface area (Å²) in [5.74, 6) is 1.62. The molecular formula is C48H62O4S2. The van der Waals surface area contributed by atoms with Crippen molar-refractivity contribution in [1.82, 2.24) is 0 Å². The van der Waals surface area contributed by atoms with Crippen molar-refractivity contribution in [3.05, 3.63) is 106 Å². The minimum Gasteiger partial charge on any atom is -0.494 e. The molecule has 0 N–H and O–H groups in total. The molecular weight excluding hydrogens is 705 g/mol. The number of benzene rings is 4. The van der Waals surface area contributed by atoms with Crippen molar-refractivity contribution in [2.45, 2.75) is 141 Å². The Morgan fingerprint density at radius 3 is 1.06 bits per heavy atom. The molecule has 0 amide bonds. The van der Waals surface area contributed by atoms with Crippen LogP contribution in [0.5, 0.6) is 11.5 Å². The maximum absolute atomic E-state index is 13.2. The van der Waals surface area contributed by atoms with Gasteiger partial charge in [-0.25, -0.2) is 0 Å². The number of hydrogen-bond donors (Lipinski definition) is 0. The molecule has 4 aromatic rings. The van der Waals surface area contributed by atoms with E-state index in [-0.39, 0.29) is 10.2 Å². The predicted octanol–water partition coefficient (Wildman–Crippen LogP) is 14.7. The van der Waals surface area contributed by atoms with Crippen LogP contribution in [0, 0.1) is 27.7 Å². The smallest absolute Gasteiger partial charge is 0.224 e. The second-order valence-corrected chi connectivity index (χ2v) is 16.7. The van der Waals surface area contributed by atoms with Gasteiger partial charge in [-0.1, -0.05) is 90.9 Å². The summed E-state index contributed by atoms with van der Waals surface area (Å²) in [4.78, 5) is 28.4. The van der Waals surface area contributed by atoms with Crippen molar-refractivity contribution in [1.29, 1.82) is 0 Å². The van der Waals surface area contributed by atoms with Gasteiger partial charge in [-0.2, -0.15) is 0 Å². The quantitative estimate of drug-likeness (QED) is 0.0553. The lowest BCUT2D eigenvalue weighted by Crippen LogP contribution is -2.00. The number of carbonyl (C=O) groups is 2. The number of thioether (sulfide) groups is 2. The molecule has 0 aliphatic rings. The molecule has 0 aliphatic heterocycles. The highest BCUT2D eigenvalue weighted by atomic mass is 32.2. The zero-order valence-electron chi connectivity index (χ0n) is 33.7. The summed E-state index contributed by atoms with van der Waals surface area (Å²) in [5, 5.41) is 0.0356. The zero-order valence-corrected chi connectivity index (χ0v) is 35.3. The van der Waals surface area contributed by atoms with Crippen LogP contribution in [0.15, 0.2) is 82.6 Å². The average molecular weight is 767 g/mol. The Hall–Kier alpha value is -3.48. The van der Waals surface area contributed by atoms with E-state index in [9.17, 15) is 9.59 Å². The van der Waals surface area contributed by atoms with Crippen molar-refractivity contribution in [2.75, 3.05) is 13.2 Å². The molecule has 0 aromatic heterocycles. The minimum atomic E-state index is 0.0178. The third kappa shape index (κ3) is 14.0. The fraction of sp³-hybridized carbons (Fsp3) is 0.458. The van der Waals surface area contributed by atoms with E-state index >= 15 is 0 Å². The molecule has 0 saturated heterocycles. The third-order valence-electron chi connectivity index (χ3n) is 9.90. The van der Waals surface area contributed by atoms with E-state index in [2.05, 4.69) is 65.8 Å². The van der Waals surface area contributed by atoms with Crippen LogP contribution in [-0.2, 0) is 0 Å². The molecule has 4 nitrogen and oxygen atoms in total. The van der Waals surface area contributed by atoms with E-state index < -0.39 is 0 Å². The van der Waals surface area contributed by atoms with Crippen molar-refractivity contribution >= 4 is 33.8 Å². The Kier molecular flexibility index (Phi) is 18.8. The van der Waals surface area contributed by atoms with E-state index in [1.807, 2.05) is 48.5 Å². The molecule has 0 bridgehead atoms. The van der Waals surface area contributed by atoms with Crippen molar-refractivity contribution in [2.24, 2.45) is 0 Å². The first-order chi connectivity index (χ1) is 26.2. The lowest BCUT2D eigenvalue weighted by atomic mass is 9.89. The highest BCUT2D eigenvalue weighted by Gasteiger charge is 2.18. The minimum absolute atomic E-state index is 0.0178. The van der Waals surface area contributed by atoms with Gasteiger partial charge in [0.2, 0.25) is 10.2 Å². The SMILES string of the molecule is CCCCCCCCCOc1ccc(C(=O)Sc2cc(C)c(-c3c(C)cc(SC(=O)c4ccc(OCCCCCCCCC)cc4)cc3C)c(C)c2)cc1. The van der Waals surface area contributed by atoms with Crippen LogP contribution in [-0.4, -0.2) is 23.4 Å². The van der Waals surface area contributed by atoms with Crippen molar-refractivity contribution < 1.29 is 19.1 Å². The summed E-state index contributed by atoms with van der Waals surface area (Å²) in [6, 6.07) is 23.5. The highest BCUT2D eigenvalue weighted by molar-refractivity contribution is 8.14. The van der Waals surface area contributed by atoms with Gasteiger partial charge in [-0.05, 0) is 170 Å². The van der Waals surface area contributed by atoms with Gasteiger partial charge in [-0.15, -0.1) is 0 Å². The van der Waals surface area contributed by atoms with Crippen LogP contribution >= 0.6 is 23.5 Å². The summed E-state index contributed by atoms with van der Waals surface area (Å²) in [6.07, 6.45) is 17.6. The molecule has 0 heterocycles. The number of carbonyl (C=O) groups excluding carboxylic acids is 2. The fourth-order valence-electron chi connectivity index (χ4n) is 6.96. The number of hydrogen-bond acceptors (Lipinski definition) is 6. The standard InChI is InChI=1S/C48H62O4S2/c1-7-9-11-13-15-17-19-29-51-41-25-21-39(22-26-41)47(49)53-43-31-35(3)45(36(4)32-43)46-37(5)33-44(34-38(46)6)54-48(50)40-23-27-42(28-24-40)52-30-20-18-16-14-12-10-8-2/h21-28,31-34H,7-20,29-30H2,1-6H3. The van der Waals surface area contributed by atoms with Crippen LogP contribution in [0.3, 0.4) is 0 Å². The lowest BCUT2D eigenvalue weighted by molar-refractivity contribution is 0.108. The topological polar surface area (TPSA) is 52.6 Å². The second kappa shape index (κ2) is 23.4. The number of rotatable bonds is 23. The van der Waals surface area contributed by atoms with Crippen LogP contribution < -0.4 is 9.47 Å². The molecule has 0 unspecified atom stereocenters. The van der Waals surface area contributed by atoms with Crippen LogP contribution in [0.25, 0.3) is 11.1 Å². The average Bonchev–Trinajstić information content (AvgIpc) is 3.15. The molecule has 4 aromatic carbocycles. The fourth-order valence-corrected chi connectivity index (χ4v) is 8.84. The number of unbranched alkanes of at least 4 members (excludes halogenated alkanes) is 12. The largest absolute Gasteiger partial charge is 0.494 e. The molecule has 290 valence electrons. The molecule has 0 spiro atoms. The maximum Gasteiger partial charge on any atom is 0.224 e. The summed E-state index contributed by atoms with van der Waals surface area (Å²) >= 11 is 2.53. The Morgan fingerprint density at radius 1 is 0.444 bits per heavy atom. The van der Waals surface area contributed by atoms with Gasteiger partial charge in [0.05, 0.1) is 13.2 Å². The van der Waals surface area contributed by atoms with Gasteiger partial charge in [0.25, 0.3) is 0 Å². The van der Waals surface area contributed by atoms with E-state index in [1.165, 1.54) is 112 Å². The van der Waals surface area contributed by atoms with Crippen LogP contribution in [0.1, 0.15) is 147 Å². The summed E-state index contributed by atoms with van der Waals surface area (Å²) in [7, 11) is 0. The summed E-state index contributed by atoms with van der Waals surface area (Å²) in [6.45, 7) is 14.4. The molecule has 0 fully saturated rings. The van der Waals surface area contributed by atoms with Crippen LogP contribution in [0.2, 0.25) is 0 Å². The van der Waals surface area contributed by atoms with Crippen molar-refractivity contribution in [3.63, 3.8) is 0 Å². The molecule has 0 radical (unpaired) electrons. The zero-order chi connectivity index (χ0) is 38.7. The van der Waals surface area contributed by atoms with Gasteiger partial charge in [0.1, 0.15) is 11.5 Å². The Labute approximate surface area is 334 Å². The monoisotopic (exact) mass is 766 g/mol. The lowest BCUT2D eigenvalue weighted by Gasteiger charge is -2.18. The first-order valence-corrected chi connectivity index (χ1v) is 22.0. The highest BCUT2D eigenvalue weighted by Crippen LogP contribution is 2.39. The Bertz CT molecular complexity index is 1580. The maximum atomic E-state index is 13.2. The Balaban J connectivity index is 1.29. The summed E-state index contributed by atoms with van der Waals surface area (Å²) < 4.78 is 11.9. The number of ether oxygens (including phenoxy) is 2. The van der Waals surface area contributed by atoms with E-state index in [0.717, 1.165) is 56.4 Å². The molecule has 0 aliphatic carbocycles. The third-order valence-corrected chi connectivity index (χ3v) is 11.7. The predicted molar refractivity (Wildman–Crippen MR) is 231 cm³/mol. The first-order valence-electron chi connectivity index (χ1n) is 20.3. The molecule has 0 atom stereocenters. The first kappa shape index (κ1) is 43.3. The normalized spacial score (nSPS) is 11.1. The van der Waals surface area contributed by atoms with E-state index in [0.29, 0.717) is 24.3 Å². The van der Waals surface area contributed by atoms with Gasteiger partial charge >= 0.3 is 0 Å². The van der Waals surface area contributed by atoms with Gasteiger partial charge in [0.15, 0.2) is 0 Å². The molecule has 4 rings (SSSR count).